The molecule has 0 atom stereocenters. The van der Waals surface area contributed by atoms with Gasteiger partial charge in [0.1, 0.15) is 0 Å². The molecule has 5 heteroatoms. The van der Waals surface area contributed by atoms with Gasteiger partial charge >= 0.3 is 0 Å². The summed E-state index contributed by atoms with van der Waals surface area (Å²) in [4.78, 5) is 7.75. The Balaban J connectivity index is -0.000000000833. The predicted molar refractivity (Wildman–Crippen MR) is 6.75 cm³/mol. The molecular weight excluding hydrogens is 232 g/mol. The average Bonchev–Trinajstić information content (AvgIpc) is 1.00. The van der Waals surface area contributed by atoms with Crippen LogP contribution >= 0.6 is 0 Å². The van der Waals surface area contributed by atoms with Gasteiger partial charge < -0.3 is 4.79 Å². The van der Waals surface area contributed by atoms with Crippen molar-refractivity contribution in [3.05, 3.63) is 0 Å². The standard InChI is InChI=1S/CHO.4V/c1-2;;;;/h1H;;;;/q-1;;;;. The molecular formula is CHOV4-. The van der Waals surface area contributed by atoms with Crippen LogP contribution in [0, 0.1) is 0 Å². The van der Waals surface area contributed by atoms with Crippen LogP contribution in [0.3, 0.4) is 0 Å². The molecule has 0 aromatic heterocycles. The van der Waals surface area contributed by atoms with Crippen LogP contribution in [0.1, 0.15) is 0 Å². The summed E-state index contributed by atoms with van der Waals surface area (Å²) in [5.74, 6) is 0. The first-order chi connectivity index (χ1) is 1.00. The third-order valence-corrected chi connectivity index (χ3v) is 0. The van der Waals surface area contributed by atoms with Gasteiger partial charge in [-0.25, -0.2) is 0 Å². The molecule has 0 spiro atoms. The van der Waals surface area contributed by atoms with E-state index in [0.29, 0.717) is 0 Å². The van der Waals surface area contributed by atoms with Crippen molar-refractivity contribution in [1.29, 1.82) is 0 Å². The quantitative estimate of drug-likeness (QED) is 0.415. The van der Waals surface area contributed by atoms with E-state index >= 15 is 0 Å². The molecule has 0 aromatic carbocycles. The number of hydrogen-bond donors (Lipinski definition) is 0. The fraction of sp³-hybridized carbons (Fsp3) is 0. The minimum absolute atomic E-state index is 0. The largest absolute Gasteiger partial charge is 0.545 e. The Labute approximate surface area is 84.9 Å². The summed E-state index contributed by atoms with van der Waals surface area (Å²) in [6.45, 7) is 3.25. The average molecular weight is 233 g/mol. The molecule has 32 valence electrons. The first-order valence-corrected chi connectivity index (χ1v) is 0.236. The molecule has 0 aliphatic heterocycles. The Bertz CT molecular complexity index is 7.51. The monoisotopic (exact) mass is 233 g/mol. The van der Waals surface area contributed by atoms with E-state index in [-0.39, 0.29) is 74.2 Å². The summed E-state index contributed by atoms with van der Waals surface area (Å²) in [5, 5.41) is 0. The number of rotatable bonds is 0. The topological polar surface area (TPSA) is 17.1 Å². The van der Waals surface area contributed by atoms with E-state index in [2.05, 4.69) is 6.79 Å². The summed E-state index contributed by atoms with van der Waals surface area (Å²) in [7, 11) is 0. The molecule has 0 heterocycles. The maximum atomic E-state index is 7.75. The van der Waals surface area contributed by atoms with Gasteiger partial charge in [0.25, 0.3) is 0 Å². The minimum Gasteiger partial charge on any atom is -0.545 e. The van der Waals surface area contributed by atoms with Crippen molar-refractivity contribution in [2.45, 2.75) is 0 Å². The molecule has 4 radical (unpaired) electrons. The molecule has 0 rings (SSSR count). The second-order valence-electron chi connectivity index (χ2n) is 0. The van der Waals surface area contributed by atoms with Gasteiger partial charge in [-0.2, -0.15) is 0 Å². The van der Waals surface area contributed by atoms with Crippen LogP contribution in [-0.2, 0) is 79.0 Å². The zero-order chi connectivity index (χ0) is 2.00. The van der Waals surface area contributed by atoms with Crippen molar-refractivity contribution in [2.24, 2.45) is 0 Å². The molecule has 0 aliphatic rings. The Morgan fingerprint density at radius 2 is 0.667 bits per heavy atom. The van der Waals surface area contributed by atoms with Gasteiger partial charge in [-0.3, -0.25) is 6.79 Å². The smallest absolute Gasteiger partial charge is 0 e. The molecule has 6 heavy (non-hydrogen) atoms. The predicted octanol–water partition coefficient (Wildman–Crippen LogP) is -0.284. The van der Waals surface area contributed by atoms with E-state index in [1.165, 1.54) is 0 Å². The normalized spacial score (nSPS) is 0.667. The Morgan fingerprint density at radius 1 is 0.667 bits per heavy atom. The zero-order valence-corrected chi connectivity index (χ0v) is 8.36. The fourth-order valence-corrected chi connectivity index (χ4v) is 0. The van der Waals surface area contributed by atoms with Crippen LogP contribution in [0.4, 0.5) is 0 Å². The van der Waals surface area contributed by atoms with Gasteiger partial charge in [0.2, 0.25) is 0 Å². The van der Waals surface area contributed by atoms with E-state index in [1.807, 2.05) is 0 Å². The van der Waals surface area contributed by atoms with E-state index < -0.39 is 0 Å². The molecule has 0 amide bonds. The van der Waals surface area contributed by atoms with Crippen LogP contribution in [0.25, 0.3) is 0 Å². The molecule has 0 saturated carbocycles. The van der Waals surface area contributed by atoms with E-state index in [9.17, 15) is 0 Å². The van der Waals surface area contributed by atoms with Gasteiger partial charge in [0.05, 0.1) is 0 Å². The summed E-state index contributed by atoms with van der Waals surface area (Å²) < 4.78 is 0. The fourth-order valence-electron chi connectivity index (χ4n) is 0. The van der Waals surface area contributed by atoms with Gasteiger partial charge in [-0.05, 0) is 0 Å². The van der Waals surface area contributed by atoms with Crippen LogP contribution in [0.5, 0.6) is 0 Å². The van der Waals surface area contributed by atoms with Crippen molar-refractivity contribution < 1.29 is 79.0 Å². The maximum Gasteiger partial charge on any atom is 0 e. The summed E-state index contributed by atoms with van der Waals surface area (Å²) in [6.07, 6.45) is 0. The Kier molecular flexibility index (Phi) is 455. The van der Waals surface area contributed by atoms with Gasteiger partial charge in [-0.1, -0.05) is 0 Å². The molecule has 0 aliphatic carbocycles. The molecule has 0 bridgehead atoms. The van der Waals surface area contributed by atoms with Crippen molar-refractivity contribution in [2.75, 3.05) is 0 Å². The molecule has 1 nitrogen and oxygen atoms in total. The molecule has 0 N–H and O–H groups in total. The molecule has 0 unspecified atom stereocenters. The molecule has 0 saturated heterocycles. The van der Waals surface area contributed by atoms with Crippen molar-refractivity contribution in [3.63, 3.8) is 0 Å². The van der Waals surface area contributed by atoms with E-state index in [1.54, 1.807) is 0 Å². The Morgan fingerprint density at radius 3 is 0.667 bits per heavy atom. The number of carbonyl (C=O) groups excluding carboxylic acids is 1. The van der Waals surface area contributed by atoms with E-state index in [4.69, 9.17) is 4.79 Å². The minimum atomic E-state index is 0. The second kappa shape index (κ2) is 62.7. The van der Waals surface area contributed by atoms with E-state index in [0.717, 1.165) is 0 Å². The summed E-state index contributed by atoms with van der Waals surface area (Å²) >= 11 is 0. The molecule has 0 fully saturated rings. The third-order valence-electron chi connectivity index (χ3n) is 0. The Hall–Kier alpha value is 2.01. The third kappa shape index (κ3) is 37.4. The SMILES string of the molecule is [CH-]=O.[V].[V].[V].[V]. The molecule has 0 aromatic rings. The van der Waals surface area contributed by atoms with Crippen LogP contribution in [-0.4, -0.2) is 6.79 Å². The van der Waals surface area contributed by atoms with Crippen molar-refractivity contribution in [3.8, 4) is 0 Å². The number of hydrogen-bond acceptors (Lipinski definition) is 1. The van der Waals surface area contributed by atoms with Crippen LogP contribution < -0.4 is 0 Å². The summed E-state index contributed by atoms with van der Waals surface area (Å²) in [6, 6.07) is 0. The first-order valence-electron chi connectivity index (χ1n) is 0.236. The van der Waals surface area contributed by atoms with Gasteiger partial charge in [0.15, 0.2) is 0 Å². The van der Waals surface area contributed by atoms with Gasteiger partial charge in [0, 0.05) is 74.2 Å². The van der Waals surface area contributed by atoms with Crippen molar-refractivity contribution >= 4 is 6.79 Å². The maximum absolute atomic E-state index is 7.75. The second-order valence-corrected chi connectivity index (χ2v) is 0. The summed E-state index contributed by atoms with van der Waals surface area (Å²) in [5.41, 5.74) is 0. The first kappa shape index (κ1) is 43.5. The van der Waals surface area contributed by atoms with Crippen LogP contribution in [0.15, 0.2) is 0 Å². The van der Waals surface area contributed by atoms with Gasteiger partial charge in [-0.15, -0.1) is 0 Å². The van der Waals surface area contributed by atoms with Crippen LogP contribution in [0.2, 0.25) is 0 Å². The zero-order valence-electron chi connectivity index (χ0n) is 2.77. The van der Waals surface area contributed by atoms with Crippen molar-refractivity contribution in [1.82, 2.24) is 0 Å².